The fourth-order valence-electron chi connectivity index (χ4n) is 1.92. The highest BCUT2D eigenvalue weighted by molar-refractivity contribution is 14.1. The van der Waals surface area contributed by atoms with Crippen LogP contribution in [0.1, 0.15) is 6.23 Å². The fourth-order valence-corrected chi connectivity index (χ4v) is 2.69. The van der Waals surface area contributed by atoms with Gasteiger partial charge in [0, 0.05) is 6.20 Å². The largest absolute Gasteiger partial charge is 0.469 e. The molecule has 1 unspecified atom stereocenters. The van der Waals surface area contributed by atoms with E-state index < -0.39 is 50.2 Å². The summed E-state index contributed by atoms with van der Waals surface area (Å²) in [4.78, 5) is 42.3. The first-order valence-electron chi connectivity index (χ1n) is 5.83. The molecule has 11 nitrogen and oxygen atoms in total. The SMILES string of the molecule is O=c1[nH]c(=O)n([C@@H]2O[C@H](COP(=O)(O)O)C(O)[C@@H]2O)cc1I. The van der Waals surface area contributed by atoms with E-state index in [9.17, 15) is 24.4 Å². The van der Waals surface area contributed by atoms with Crippen LogP contribution in [0.3, 0.4) is 0 Å². The molecular weight excluding hydrogens is 438 g/mol. The molecule has 2 heterocycles. The topological polar surface area (TPSA) is 171 Å². The molecule has 0 aromatic carbocycles. The molecule has 2 rings (SSSR count). The van der Waals surface area contributed by atoms with Gasteiger partial charge in [-0.3, -0.25) is 18.9 Å². The number of nitrogens with one attached hydrogen (secondary N) is 1. The van der Waals surface area contributed by atoms with E-state index in [0.717, 1.165) is 10.8 Å². The summed E-state index contributed by atoms with van der Waals surface area (Å²) >= 11 is 1.67. The number of aromatic amines is 1. The lowest BCUT2D eigenvalue weighted by molar-refractivity contribution is -0.0544. The van der Waals surface area contributed by atoms with Gasteiger partial charge in [0.15, 0.2) is 6.23 Å². The maximum absolute atomic E-state index is 11.7. The molecule has 1 aromatic heterocycles. The lowest BCUT2D eigenvalue weighted by Crippen LogP contribution is -2.38. The zero-order valence-electron chi connectivity index (χ0n) is 10.7. The van der Waals surface area contributed by atoms with Crippen molar-refractivity contribution in [1.29, 1.82) is 0 Å². The molecule has 4 atom stereocenters. The first-order valence-corrected chi connectivity index (χ1v) is 8.43. The Morgan fingerprint density at radius 1 is 1.36 bits per heavy atom. The van der Waals surface area contributed by atoms with Crippen molar-refractivity contribution in [2.75, 3.05) is 6.61 Å². The number of ether oxygens (including phenoxy) is 1. The number of aliphatic hydroxyl groups excluding tert-OH is 2. The number of phosphoric ester groups is 1. The van der Waals surface area contributed by atoms with Crippen molar-refractivity contribution < 1.29 is 33.8 Å². The third kappa shape index (κ3) is 3.83. The molecule has 0 spiro atoms. The Morgan fingerprint density at radius 3 is 2.59 bits per heavy atom. The van der Waals surface area contributed by atoms with Crippen molar-refractivity contribution >= 4 is 30.4 Å². The van der Waals surface area contributed by atoms with Crippen LogP contribution in [0.2, 0.25) is 0 Å². The molecule has 0 bridgehead atoms. The minimum absolute atomic E-state index is 0.150. The van der Waals surface area contributed by atoms with E-state index in [2.05, 4.69) is 4.52 Å². The third-order valence-corrected chi connectivity index (χ3v) is 4.20. The number of nitrogens with zero attached hydrogens (tertiary/aromatic N) is 1. The van der Waals surface area contributed by atoms with E-state index in [-0.39, 0.29) is 3.57 Å². The normalized spacial score (nSPS) is 29.0. The number of aromatic nitrogens is 2. The standard InChI is InChI=1S/C9H12IN2O9P/c10-3-1-12(9(16)11-7(3)15)8-6(14)5(13)4(21-8)2-20-22(17,18)19/h1,4-6,8,13-14H,2H2,(H,11,15,16)(H2,17,18,19)/t4-,5?,6+,8-/m1/s1. The summed E-state index contributed by atoms with van der Waals surface area (Å²) in [6.45, 7) is -0.686. The lowest BCUT2D eigenvalue weighted by Gasteiger charge is -2.17. The Kier molecular flexibility index (Phi) is 5.23. The van der Waals surface area contributed by atoms with Crippen molar-refractivity contribution in [1.82, 2.24) is 9.55 Å². The Hall–Kier alpha value is -0.600. The summed E-state index contributed by atoms with van der Waals surface area (Å²) < 4.78 is 21.1. The van der Waals surface area contributed by atoms with Gasteiger partial charge < -0.3 is 24.7 Å². The predicted molar refractivity (Wildman–Crippen MR) is 78.0 cm³/mol. The van der Waals surface area contributed by atoms with Gasteiger partial charge in [0.05, 0.1) is 10.2 Å². The number of rotatable bonds is 4. The number of hydrogen-bond donors (Lipinski definition) is 5. The highest BCUT2D eigenvalue weighted by atomic mass is 127. The summed E-state index contributed by atoms with van der Waals surface area (Å²) in [5.74, 6) is 0. The number of phosphoric acid groups is 1. The summed E-state index contributed by atoms with van der Waals surface area (Å²) in [7, 11) is -4.77. The number of H-pyrrole nitrogens is 1. The molecule has 1 fully saturated rings. The smallest absolute Gasteiger partial charge is 0.387 e. The van der Waals surface area contributed by atoms with Crippen LogP contribution in [0.5, 0.6) is 0 Å². The van der Waals surface area contributed by atoms with Crippen LogP contribution in [0.15, 0.2) is 15.8 Å². The molecule has 124 valence electrons. The monoisotopic (exact) mass is 450 g/mol. The zero-order valence-corrected chi connectivity index (χ0v) is 13.7. The Balaban J connectivity index is 2.23. The van der Waals surface area contributed by atoms with Gasteiger partial charge in [0.1, 0.15) is 18.3 Å². The van der Waals surface area contributed by atoms with Crippen LogP contribution >= 0.6 is 30.4 Å². The van der Waals surface area contributed by atoms with E-state index in [1.807, 2.05) is 4.98 Å². The first-order chi connectivity index (χ1) is 10.1. The molecule has 1 aliphatic rings. The Bertz CT molecular complexity index is 712. The molecule has 22 heavy (non-hydrogen) atoms. The van der Waals surface area contributed by atoms with Crippen molar-refractivity contribution in [2.45, 2.75) is 24.5 Å². The molecule has 0 radical (unpaired) electrons. The average Bonchev–Trinajstić information content (AvgIpc) is 2.68. The highest BCUT2D eigenvalue weighted by Crippen LogP contribution is 2.38. The van der Waals surface area contributed by atoms with E-state index in [1.165, 1.54) is 0 Å². The van der Waals surface area contributed by atoms with Gasteiger partial charge in [0.2, 0.25) is 0 Å². The zero-order chi connectivity index (χ0) is 16.7. The van der Waals surface area contributed by atoms with Crippen molar-refractivity contribution in [3.63, 3.8) is 0 Å². The minimum Gasteiger partial charge on any atom is -0.387 e. The van der Waals surface area contributed by atoms with E-state index in [1.54, 1.807) is 22.6 Å². The van der Waals surface area contributed by atoms with Crippen LogP contribution < -0.4 is 11.2 Å². The van der Waals surface area contributed by atoms with Gasteiger partial charge in [0.25, 0.3) is 5.56 Å². The van der Waals surface area contributed by atoms with Crippen molar-refractivity contribution in [3.8, 4) is 0 Å². The summed E-state index contributed by atoms with van der Waals surface area (Å²) in [5.41, 5.74) is -1.48. The second kappa shape index (κ2) is 6.49. The number of aliphatic hydroxyl groups is 2. The van der Waals surface area contributed by atoms with Crippen molar-refractivity contribution in [2.24, 2.45) is 0 Å². The average molecular weight is 450 g/mol. The van der Waals surface area contributed by atoms with Crippen LogP contribution in [0.25, 0.3) is 0 Å². The summed E-state index contributed by atoms with van der Waals surface area (Å²) in [6.07, 6.45) is -4.55. The molecule has 1 aromatic rings. The Labute approximate surface area is 135 Å². The maximum atomic E-state index is 11.7. The lowest BCUT2D eigenvalue weighted by atomic mass is 10.1. The van der Waals surface area contributed by atoms with Gasteiger partial charge in [-0.1, -0.05) is 0 Å². The number of halogens is 1. The number of hydrogen-bond acceptors (Lipinski definition) is 7. The first kappa shape index (κ1) is 17.7. The van der Waals surface area contributed by atoms with Gasteiger partial charge in [-0.2, -0.15) is 0 Å². The quantitative estimate of drug-likeness (QED) is 0.254. The maximum Gasteiger partial charge on any atom is 0.469 e. The summed E-state index contributed by atoms with van der Waals surface area (Å²) in [5, 5.41) is 19.7. The minimum atomic E-state index is -4.77. The molecule has 0 saturated carbocycles. The summed E-state index contributed by atoms with van der Waals surface area (Å²) in [6, 6.07) is 0. The van der Waals surface area contributed by atoms with E-state index in [4.69, 9.17) is 14.5 Å². The van der Waals surface area contributed by atoms with Crippen LogP contribution in [-0.4, -0.2) is 54.5 Å². The predicted octanol–water partition coefficient (Wildman–Crippen LogP) is -2.13. The van der Waals surface area contributed by atoms with Crippen LogP contribution in [0.4, 0.5) is 0 Å². The van der Waals surface area contributed by atoms with Gasteiger partial charge in [-0.15, -0.1) is 0 Å². The van der Waals surface area contributed by atoms with E-state index >= 15 is 0 Å². The van der Waals surface area contributed by atoms with Gasteiger partial charge in [-0.25, -0.2) is 9.36 Å². The van der Waals surface area contributed by atoms with Crippen molar-refractivity contribution in [3.05, 3.63) is 30.6 Å². The molecule has 0 amide bonds. The van der Waals surface area contributed by atoms with E-state index in [0.29, 0.717) is 0 Å². The molecule has 13 heteroatoms. The van der Waals surface area contributed by atoms with Gasteiger partial charge >= 0.3 is 13.5 Å². The molecule has 0 aliphatic carbocycles. The fraction of sp³-hybridized carbons (Fsp3) is 0.556. The second-order valence-corrected chi connectivity index (χ2v) is 6.88. The molecule has 5 N–H and O–H groups in total. The van der Waals surface area contributed by atoms with Gasteiger partial charge in [-0.05, 0) is 22.6 Å². The highest BCUT2D eigenvalue weighted by Gasteiger charge is 2.45. The second-order valence-electron chi connectivity index (χ2n) is 4.48. The van der Waals surface area contributed by atoms with Crippen LogP contribution in [-0.2, 0) is 13.8 Å². The third-order valence-electron chi connectivity index (χ3n) is 2.94. The molecule has 1 saturated heterocycles. The van der Waals surface area contributed by atoms with Crippen LogP contribution in [0, 0.1) is 3.57 Å². The Morgan fingerprint density at radius 2 is 2.00 bits per heavy atom. The molecule has 1 aliphatic heterocycles. The molecular formula is C9H12IN2O9P.